The van der Waals surface area contributed by atoms with E-state index in [2.05, 4.69) is 5.09 Å². The van der Waals surface area contributed by atoms with Gasteiger partial charge in [-0.3, -0.25) is 5.09 Å². The summed E-state index contributed by atoms with van der Waals surface area (Å²) in [4.78, 5) is 0. The van der Waals surface area contributed by atoms with Crippen molar-refractivity contribution < 1.29 is 13.6 Å². The van der Waals surface area contributed by atoms with Crippen molar-refractivity contribution in [1.29, 1.82) is 0 Å². The summed E-state index contributed by atoms with van der Waals surface area (Å²) < 4.78 is 25.0. The first-order valence-corrected chi connectivity index (χ1v) is 9.54. The van der Waals surface area contributed by atoms with Crippen LogP contribution in [-0.4, -0.2) is 0 Å². The lowest BCUT2D eigenvalue weighted by atomic mass is 10.1. The zero-order valence-corrected chi connectivity index (χ0v) is 15.1. The smallest absolute Gasteiger partial charge is 0.400 e. The molecule has 0 aromatic heterocycles. The lowest BCUT2D eigenvalue weighted by Gasteiger charge is -2.23. The van der Waals surface area contributed by atoms with Crippen LogP contribution < -0.4 is 14.1 Å². The Morgan fingerprint density at radius 1 is 0.680 bits per heavy atom. The van der Waals surface area contributed by atoms with Crippen LogP contribution in [0.4, 0.5) is 5.69 Å². The van der Waals surface area contributed by atoms with E-state index in [0.717, 1.165) is 16.8 Å². The monoisotopic (exact) mass is 353 g/mol. The van der Waals surface area contributed by atoms with E-state index in [1.807, 2.05) is 68.4 Å². The third kappa shape index (κ3) is 4.43. The zero-order chi connectivity index (χ0) is 17.7. The van der Waals surface area contributed by atoms with Crippen molar-refractivity contribution in [3.05, 3.63) is 90.0 Å². The van der Waals surface area contributed by atoms with Crippen molar-refractivity contribution in [3.63, 3.8) is 0 Å². The number of hydrogen-bond acceptors (Lipinski definition) is 3. The lowest BCUT2D eigenvalue weighted by Crippen LogP contribution is -2.11. The molecule has 0 saturated heterocycles. The molecule has 0 saturated carbocycles. The molecule has 4 nitrogen and oxygen atoms in total. The second-order valence-corrected chi connectivity index (χ2v) is 7.27. The Morgan fingerprint density at radius 2 is 1.12 bits per heavy atom. The van der Waals surface area contributed by atoms with Gasteiger partial charge < -0.3 is 9.05 Å². The van der Waals surface area contributed by atoms with Crippen LogP contribution in [0.1, 0.15) is 11.1 Å². The van der Waals surface area contributed by atoms with E-state index < -0.39 is 7.75 Å². The molecule has 3 rings (SSSR count). The predicted molar refractivity (Wildman–Crippen MR) is 101 cm³/mol. The van der Waals surface area contributed by atoms with Gasteiger partial charge in [0.2, 0.25) is 0 Å². The number of benzene rings is 3. The Labute approximate surface area is 148 Å². The number of nitrogens with one attached hydrogen (secondary N) is 1. The highest BCUT2D eigenvalue weighted by molar-refractivity contribution is 7.56. The van der Waals surface area contributed by atoms with Gasteiger partial charge in [-0.05, 0) is 49.2 Å². The third-order valence-corrected chi connectivity index (χ3v) is 5.07. The van der Waals surface area contributed by atoms with Crippen LogP contribution in [0.25, 0.3) is 0 Å². The minimum absolute atomic E-state index is 0.473. The van der Waals surface area contributed by atoms with Gasteiger partial charge in [0.05, 0.1) is 5.69 Å². The second kappa shape index (κ2) is 7.45. The zero-order valence-electron chi connectivity index (χ0n) is 14.2. The van der Waals surface area contributed by atoms with Gasteiger partial charge in [-0.1, -0.05) is 54.6 Å². The standard InChI is InChI=1S/C20H20NO3P/c1-16-10-9-11-17(2)20(16)21-25(22,23-18-12-5-3-6-13-18)24-19-14-7-4-8-15-19/h3-15H,1-2H3,(H,21,22). The van der Waals surface area contributed by atoms with Gasteiger partial charge in [0.15, 0.2) is 0 Å². The first-order chi connectivity index (χ1) is 12.1. The summed E-state index contributed by atoms with van der Waals surface area (Å²) in [5.74, 6) is 0.945. The molecule has 5 heteroatoms. The highest BCUT2D eigenvalue weighted by Crippen LogP contribution is 2.49. The summed E-state index contributed by atoms with van der Waals surface area (Å²) in [6.07, 6.45) is 0. The lowest BCUT2D eigenvalue weighted by molar-refractivity contribution is 0.393. The van der Waals surface area contributed by atoms with E-state index in [1.54, 1.807) is 24.3 Å². The quantitative estimate of drug-likeness (QED) is 0.554. The van der Waals surface area contributed by atoms with Crippen LogP contribution in [0, 0.1) is 13.8 Å². The number of anilines is 1. The largest absolute Gasteiger partial charge is 0.541 e. The van der Waals surface area contributed by atoms with E-state index in [-0.39, 0.29) is 0 Å². The maximum Gasteiger partial charge on any atom is 0.541 e. The molecule has 0 aliphatic heterocycles. The first kappa shape index (κ1) is 17.1. The normalized spacial score (nSPS) is 11.0. The van der Waals surface area contributed by atoms with Gasteiger partial charge in [-0.25, -0.2) is 4.57 Å². The molecule has 0 spiro atoms. The van der Waals surface area contributed by atoms with E-state index in [4.69, 9.17) is 9.05 Å². The number of aryl methyl sites for hydroxylation is 2. The van der Waals surface area contributed by atoms with Crippen molar-refractivity contribution in [3.8, 4) is 11.5 Å². The van der Waals surface area contributed by atoms with Crippen LogP contribution in [0.5, 0.6) is 11.5 Å². The molecule has 0 unspecified atom stereocenters. The Morgan fingerprint density at radius 3 is 1.56 bits per heavy atom. The molecule has 0 bridgehead atoms. The number of hydrogen-bond donors (Lipinski definition) is 1. The summed E-state index contributed by atoms with van der Waals surface area (Å²) in [5, 5.41) is 3.00. The average molecular weight is 353 g/mol. The molecular weight excluding hydrogens is 333 g/mol. The predicted octanol–water partition coefficient (Wildman–Crippen LogP) is 5.98. The summed E-state index contributed by atoms with van der Waals surface area (Å²) in [7, 11) is -3.69. The molecule has 3 aromatic carbocycles. The Bertz CT molecular complexity index is 816. The van der Waals surface area contributed by atoms with Crippen LogP contribution in [-0.2, 0) is 4.57 Å². The summed E-state index contributed by atoms with van der Waals surface area (Å²) in [5.41, 5.74) is 2.68. The third-order valence-electron chi connectivity index (χ3n) is 3.67. The molecule has 0 radical (unpaired) electrons. The van der Waals surface area contributed by atoms with Crippen molar-refractivity contribution in [2.75, 3.05) is 5.09 Å². The van der Waals surface area contributed by atoms with Gasteiger partial charge >= 0.3 is 7.75 Å². The Hall–Kier alpha value is -2.71. The number of rotatable bonds is 6. The summed E-state index contributed by atoms with van der Waals surface area (Å²) in [6, 6.07) is 23.8. The molecule has 0 fully saturated rings. The molecule has 3 aromatic rings. The SMILES string of the molecule is Cc1cccc(C)c1NP(=O)(Oc1ccccc1)Oc1ccccc1. The fourth-order valence-electron chi connectivity index (χ4n) is 2.43. The van der Waals surface area contributed by atoms with Crippen LogP contribution in [0.15, 0.2) is 78.9 Å². The highest BCUT2D eigenvalue weighted by Gasteiger charge is 2.30. The van der Waals surface area contributed by atoms with Crippen molar-refractivity contribution >= 4 is 13.4 Å². The topological polar surface area (TPSA) is 47.6 Å². The van der Waals surface area contributed by atoms with Crippen LogP contribution >= 0.6 is 7.75 Å². The Kier molecular flexibility index (Phi) is 5.11. The highest BCUT2D eigenvalue weighted by atomic mass is 31.2. The average Bonchev–Trinajstić information content (AvgIpc) is 2.60. The van der Waals surface area contributed by atoms with Crippen LogP contribution in [0.3, 0.4) is 0 Å². The van der Waals surface area contributed by atoms with E-state index >= 15 is 0 Å². The Balaban J connectivity index is 1.95. The van der Waals surface area contributed by atoms with Crippen molar-refractivity contribution in [2.45, 2.75) is 13.8 Å². The van der Waals surface area contributed by atoms with E-state index in [0.29, 0.717) is 11.5 Å². The molecule has 0 atom stereocenters. The molecular formula is C20H20NO3P. The summed E-state index contributed by atoms with van der Waals surface area (Å²) in [6.45, 7) is 3.90. The molecule has 0 heterocycles. The maximum atomic E-state index is 13.5. The van der Waals surface area contributed by atoms with Crippen molar-refractivity contribution in [1.82, 2.24) is 0 Å². The van der Waals surface area contributed by atoms with E-state index in [9.17, 15) is 4.57 Å². The molecule has 0 amide bonds. The molecule has 128 valence electrons. The first-order valence-electron chi connectivity index (χ1n) is 7.99. The second-order valence-electron chi connectivity index (χ2n) is 5.68. The molecule has 1 N–H and O–H groups in total. The molecule has 0 aliphatic carbocycles. The minimum Gasteiger partial charge on any atom is -0.400 e. The van der Waals surface area contributed by atoms with E-state index in [1.165, 1.54) is 0 Å². The van der Waals surface area contributed by atoms with Gasteiger partial charge in [0.1, 0.15) is 11.5 Å². The maximum absolute atomic E-state index is 13.5. The van der Waals surface area contributed by atoms with Gasteiger partial charge in [-0.2, -0.15) is 0 Å². The van der Waals surface area contributed by atoms with Gasteiger partial charge in [-0.15, -0.1) is 0 Å². The van der Waals surface area contributed by atoms with Crippen LogP contribution in [0.2, 0.25) is 0 Å². The summed E-state index contributed by atoms with van der Waals surface area (Å²) >= 11 is 0. The van der Waals surface area contributed by atoms with Gasteiger partial charge in [0, 0.05) is 0 Å². The molecule has 0 aliphatic rings. The fourth-order valence-corrected chi connectivity index (χ4v) is 3.99. The van der Waals surface area contributed by atoms with Gasteiger partial charge in [0.25, 0.3) is 0 Å². The fraction of sp³-hybridized carbons (Fsp3) is 0.100. The number of para-hydroxylation sites is 3. The van der Waals surface area contributed by atoms with Crippen molar-refractivity contribution in [2.24, 2.45) is 0 Å². The molecule has 25 heavy (non-hydrogen) atoms. The minimum atomic E-state index is -3.69.